The zero-order valence-corrected chi connectivity index (χ0v) is 21.3. The molecule has 0 aliphatic carbocycles. The van der Waals surface area contributed by atoms with Crippen molar-refractivity contribution >= 4 is 27.5 Å². The predicted molar refractivity (Wildman–Crippen MR) is 132 cm³/mol. The van der Waals surface area contributed by atoms with Gasteiger partial charge >= 0.3 is 0 Å². The van der Waals surface area contributed by atoms with Gasteiger partial charge in [-0.2, -0.15) is 0 Å². The van der Waals surface area contributed by atoms with E-state index < -0.39 is 27.7 Å². The lowest BCUT2D eigenvalue weighted by Gasteiger charge is -2.30. The summed E-state index contributed by atoms with van der Waals surface area (Å²) in [5.41, 5.74) is 0.993. The molecule has 10 heteroatoms. The van der Waals surface area contributed by atoms with Crippen LogP contribution in [0.15, 0.2) is 48.5 Å². The van der Waals surface area contributed by atoms with Crippen LogP contribution in [0.5, 0.6) is 0 Å². The van der Waals surface area contributed by atoms with Crippen LogP contribution in [0.25, 0.3) is 0 Å². The van der Waals surface area contributed by atoms with E-state index in [2.05, 4.69) is 5.32 Å². The van der Waals surface area contributed by atoms with Crippen LogP contribution in [0.3, 0.4) is 0 Å². The van der Waals surface area contributed by atoms with Crippen LogP contribution in [0.4, 0.5) is 14.5 Å². The van der Waals surface area contributed by atoms with Crippen LogP contribution in [0.2, 0.25) is 0 Å². The molecule has 0 radical (unpaired) electrons. The molecule has 1 N–H and O–H groups in total. The zero-order chi connectivity index (χ0) is 26.2. The molecule has 35 heavy (non-hydrogen) atoms. The van der Waals surface area contributed by atoms with Gasteiger partial charge in [0.2, 0.25) is 21.8 Å². The highest BCUT2D eigenvalue weighted by atomic mass is 32.2. The number of nitrogens with one attached hydrogen (secondary N) is 1. The van der Waals surface area contributed by atoms with Gasteiger partial charge in [0.15, 0.2) is 11.6 Å². The van der Waals surface area contributed by atoms with E-state index in [1.165, 1.54) is 11.0 Å². The maximum Gasteiger partial charge on any atom is 0.242 e. The average molecular weight is 510 g/mol. The third-order valence-electron chi connectivity index (χ3n) is 5.43. The molecule has 7 nitrogen and oxygen atoms in total. The Morgan fingerprint density at radius 2 is 1.63 bits per heavy atom. The molecule has 0 aliphatic heterocycles. The first kappa shape index (κ1) is 28.2. The number of sulfonamides is 1. The van der Waals surface area contributed by atoms with E-state index in [0.29, 0.717) is 13.0 Å². The second-order valence-electron chi connectivity index (χ2n) is 8.70. The van der Waals surface area contributed by atoms with Crippen LogP contribution in [-0.4, -0.2) is 56.6 Å². The molecule has 0 spiro atoms. The first-order valence-electron chi connectivity index (χ1n) is 11.5. The van der Waals surface area contributed by atoms with Gasteiger partial charge in [0.1, 0.15) is 6.04 Å². The number of rotatable bonds is 12. The van der Waals surface area contributed by atoms with Gasteiger partial charge in [-0.05, 0) is 51.3 Å². The number of hydrogen-bond acceptors (Lipinski definition) is 4. The molecule has 1 unspecified atom stereocenters. The number of carbonyl (C=O) groups excluding carboxylic acids is 2. The Hall–Kier alpha value is -3.01. The van der Waals surface area contributed by atoms with Crippen LogP contribution < -0.4 is 9.62 Å². The van der Waals surface area contributed by atoms with Gasteiger partial charge in [-0.15, -0.1) is 0 Å². The maximum atomic E-state index is 13.7. The fourth-order valence-corrected chi connectivity index (χ4v) is 4.58. The molecule has 0 saturated heterocycles. The second-order valence-corrected chi connectivity index (χ2v) is 10.6. The summed E-state index contributed by atoms with van der Waals surface area (Å²) >= 11 is 0. The van der Waals surface area contributed by atoms with Crippen LogP contribution in [0, 0.1) is 11.6 Å². The maximum absolute atomic E-state index is 13.7. The number of benzene rings is 2. The summed E-state index contributed by atoms with van der Waals surface area (Å²) in [6.45, 7) is 5.53. The van der Waals surface area contributed by atoms with Gasteiger partial charge in [0.05, 0.1) is 11.9 Å². The summed E-state index contributed by atoms with van der Waals surface area (Å²) in [6.07, 6.45) is 1.62. The number of carbonyl (C=O) groups is 2. The summed E-state index contributed by atoms with van der Waals surface area (Å²) in [6, 6.07) is 11.6. The number of halogens is 2. The molecule has 192 valence electrons. The number of nitrogens with zero attached hydrogens (tertiary/aromatic N) is 2. The van der Waals surface area contributed by atoms with E-state index in [0.717, 1.165) is 28.3 Å². The van der Waals surface area contributed by atoms with Crippen molar-refractivity contribution in [2.75, 3.05) is 23.7 Å². The first-order valence-corrected chi connectivity index (χ1v) is 13.3. The van der Waals surface area contributed by atoms with Crippen LogP contribution in [0.1, 0.15) is 39.2 Å². The molecule has 2 rings (SSSR count). The minimum absolute atomic E-state index is 0.0236. The van der Waals surface area contributed by atoms with Gasteiger partial charge in [0.25, 0.3) is 0 Å². The third kappa shape index (κ3) is 8.61. The first-order chi connectivity index (χ1) is 16.4. The van der Waals surface area contributed by atoms with E-state index in [4.69, 9.17) is 0 Å². The molecule has 0 aliphatic rings. The van der Waals surface area contributed by atoms with Crippen molar-refractivity contribution < 1.29 is 26.8 Å². The molecule has 0 aromatic heterocycles. The highest BCUT2D eigenvalue weighted by Gasteiger charge is 2.26. The van der Waals surface area contributed by atoms with Crippen LogP contribution in [-0.2, 0) is 26.0 Å². The Kier molecular flexibility index (Phi) is 10.2. The van der Waals surface area contributed by atoms with E-state index >= 15 is 0 Å². The normalized spacial score (nSPS) is 12.3. The van der Waals surface area contributed by atoms with Gasteiger partial charge in [-0.3, -0.25) is 13.9 Å². The summed E-state index contributed by atoms with van der Waals surface area (Å²) in [7, 11) is -3.80. The zero-order valence-electron chi connectivity index (χ0n) is 20.5. The molecule has 2 aromatic carbocycles. The van der Waals surface area contributed by atoms with E-state index in [-0.39, 0.29) is 42.9 Å². The van der Waals surface area contributed by atoms with Gasteiger partial charge < -0.3 is 10.2 Å². The van der Waals surface area contributed by atoms with Crippen molar-refractivity contribution in [3.63, 3.8) is 0 Å². The van der Waals surface area contributed by atoms with Crippen molar-refractivity contribution in [1.29, 1.82) is 0 Å². The van der Waals surface area contributed by atoms with E-state index in [1.807, 2.05) is 44.2 Å². The fraction of sp³-hybridized carbons (Fsp3) is 0.440. The molecular formula is C25H33F2N3O4S. The minimum Gasteiger partial charge on any atom is -0.352 e. The molecule has 0 fully saturated rings. The topological polar surface area (TPSA) is 86.8 Å². The van der Waals surface area contributed by atoms with Gasteiger partial charge in [-0.25, -0.2) is 17.2 Å². The second kappa shape index (κ2) is 12.6. The Balaban J connectivity index is 2.12. The Labute approximate surface area is 206 Å². The quantitative estimate of drug-likeness (QED) is 0.475. The third-order valence-corrected chi connectivity index (χ3v) is 6.62. The molecule has 1 atom stereocenters. The number of amides is 2. The van der Waals surface area contributed by atoms with Crippen molar-refractivity contribution in [1.82, 2.24) is 10.2 Å². The lowest BCUT2D eigenvalue weighted by Crippen LogP contribution is -2.50. The van der Waals surface area contributed by atoms with Gasteiger partial charge in [0, 0.05) is 31.6 Å². The van der Waals surface area contributed by atoms with E-state index in [9.17, 15) is 26.8 Å². The number of hydrogen-bond donors (Lipinski definition) is 1. The molecule has 0 saturated carbocycles. The summed E-state index contributed by atoms with van der Waals surface area (Å²) in [5.74, 6) is -2.82. The standard InChI is InChI=1S/C25H33F2N3O4S/c1-18(2)28-25(32)19(3)29(16-14-20-9-6-5-7-10-20)24(31)11-8-15-30(35(4,33)34)21-12-13-22(26)23(27)17-21/h5-7,9-10,12-13,17-19H,8,11,14-16H2,1-4H3,(H,28,32). The van der Waals surface area contributed by atoms with Crippen molar-refractivity contribution in [3.05, 3.63) is 65.7 Å². The number of anilines is 1. The Bertz CT molecular complexity index is 1110. The largest absolute Gasteiger partial charge is 0.352 e. The van der Waals surface area contributed by atoms with E-state index in [1.54, 1.807) is 6.92 Å². The highest BCUT2D eigenvalue weighted by Crippen LogP contribution is 2.21. The average Bonchev–Trinajstić information content (AvgIpc) is 2.78. The summed E-state index contributed by atoms with van der Waals surface area (Å²) in [5, 5.41) is 2.82. The molecule has 2 amide bonds. The van der Waals surface area contributed by atoms with Gasteiger partial charge in [-0.1, -0.05) is 30.3 Å². The lowest BCUT2D eigenvalue weighted by molar-refractivity contribution is -0.140. The smallest absolute Gasteiger partial charge is 0.242 e. The monoisotopic (exact) mass is 509 g/mol. The van der Waals surface area contributed by atoms with Crippen molar-refractivity contribution in [3.8, 4) is 0 Å². The van der Waals surface area contributed by atoms with Crippen molar-refractivity contribution in [2.24, 2.45) is 0 Å². The molecule has 0 heterocycles. The highest BCUT2D eigenvalue weighted by molar-refractivity contribution is 7.92. The minimum atomic E-state index is -3.80. The Morgan fingerprint density at radius 3 is 2.20 bits per heavy atom. The summed E-state index contributed by atoms with van der Waals surface area (Å²) < 4.78 is 52.4. The predicted octanol–water partition coefficient (Wildman–Crippen LogP) is 3.50. The summed E-state index contributed by atoms with van der Waals surface area (Å²) in [4.78, 5) is 27.2. The lowest BCUT2D eigenvalue weighted by atomic mass is 10.1. The SMILES string of the molecule is CC(C)NC(=O)C(C)N(CCc1ccccc1)C(=O)CCCN(c1ccc(F)c(F)c1)S(C)(=O)=O. The fourth-order valence-electron chi connectivity index (χ4n) is 3.62. The van der Waals surface area contributed by atoms with Crippen LogP contribution >= 0.6 is 0 Å². The molecular weight excluding hydrogens is 476 g/mol. The molecule has 0 bridgehead atoms. The Morgan fingerprint density at radius 1 is 0.971 bits per heavy atom. The van der Waals surface area contributed by atoms with Crippen molar-refractivity contribution in [2.45, 2.75) is 52.1 Å². The molecule has 2 aromatic rings.